The molecule has 0 unspecified atom stereocenters. The van der Waals surface area contributed by atoms with Gasteiger partial charge in [0.1, 0.15) is 0 Å². The first-order chi connectivity index (χ1) is 19.9. The van der Waals surface area contributed by atoms with Crippen LogP contribution in [0.5, 0.6) is 0 Å². The van der Waals surface area contributed by atoms with Gasteiger partial charge in [0, 0.05) is 62.8 Å². The van der Waals surface area contributed by atoms with Crippen LogP contribution in [0.1, 0.15) is 19.8 Å². The molecule has 216 valence electrons. The highest BCUT2D eigenvalue weighted by Gasteiger charge is 2.25. The lowest BCUT2D eigenvalue weighted by atomic mass is 10.1. The number of carbonyl (C=O) groups is 2. The third-order valence-electron chi connectivity index (χ3n) is 7.30. The van der Waals surface area contributed by atoms with Gasteiger partial charge < -0.3 is 30.1 Å². The molecular weight excluding hydrogens is 565 g/mol. The summed E-state index contributed by atoms with van der Waals surface area (Å²) >= 11 is 12.4. The van der Waals surface area contributed by atoms with Crippen molar-refractivity contribution in [2.45, 2.75) is 25.8 Å². The number of likely N-dealkylation sites (tertiary alicyclic amines) is 1. The minimum Gasteiger partial charge on any atom is -0.450 e. The van der Waals surface area contributed by atoms with Crippen LogP contribution in [0.2, 0.25) is 10.0 Å². The number of hydrogen-bond acceptors (Lipinski definition) is 7. The fourth-order valence-electron chi connectivity index (χ4n) is 5.01. The van der Waals surface area contributed by atoms with E-state index in [9.17, 15) is 9.59 Å². The Labute approximate surface area is 249 Å². The average molecular weight is 599 g/mol. The van der Waals surface area contributed by atoms with Crippen LogP contribution < -0.4 is 15.5 Å². The summed E-state index contributed by atoms with van der Waals surface area (Å²) in [5, 5.41) is 7.07. The number of hydrogen-bond donors (Lipinski definition) is 2. The summed E-state index contributed by atoms with van der Waals surface area (Å²) in [5.41, 5.74) is 3.34. The highest BCUT2D eigenvalue weighted by Crippen LogP contribution is 2.30. The second kappa shape index (κ2) is 13.3. The van der Waals surface area contributed by atoms with Crippen LogP contribution in [0.3, 0.4) is 0 Å². The van der Waals surface area contributed by atoms with Crippen LogP contribution >= 0.6 is 23.2 Å². The molecule has 10 nitrogen and oxygen atoms in total. The Morgan fingerprint density at radius 1 is 0.927 bits per heavy atom. The first kappa shape index (κ1) is 28.8. The fourth-order valence-corrected chi connectivity index (χ4v) is 5.50. The molecule has 2 aliphatic heterocycles. The van der Waals surface area contributed by atoms with E-state index in [-0.39, 0.29) is 18.2 Å². The number of urea groups is 1. The molecule has 2 saturated heterocycles. The maximum absolute atomic E-state index is 12.8. The van der Waals surface area contributed by atoms with Crippen molar-refractivity contribution < 1.29 is 14.3 Å². The number of nitrogens with one attached hydrogen (secondary N) is 2. The molecule has 2 fully saturated rings. The molecule has 0 radical (unpaired) electrons. The maximum Gasteiger partial charge on any atom is 0.409 e. The molecule has 2 aromatic carbocycles. The van der Waals surface area contributed by atoms with E-state index in [1.54, 1.807) is 34.2 Å². The quantitative estimate of drug-likeness (QED) is 0.368. The van der Waals surface area contributed by atoms with Crippen molar-refractivity contribution in [1.82, 2.24) is 19.8 Å². The minimum atomic E-state index is -0.251. The van der Waals surface area contributed by atoms with Crippen molar-refractivity contribution in [3.05, 3.63) is 64.8 Å². The monoisotopic (exact) mass is 597 g/mol. The van der Waals surface area contributed by atoms with Gasteiger partial charge in [-0.25, -0.2) is 19.6 Å². The number of nitrogens with zero attached hydrogens (tertiary/aromatic N) is 5. The molecule has 5 rings (SSSR count). The number of benzene rings is 2. The van der Waals surface area contributed by atoms with Gasteiger partial charge in [0.15, 0.2) is 0 Å². The van der Waals surface area contributed by atoms with Crippen molar-refractivity contribution in [3.8, 4) is 11.3 Å². The Balaban J connectivity index is 1.13. The molecule has 0 atom stereocenters. The van der Waals surface area contributed by atoms with E-state index >= 15 is 0 Å². The lowest BCUT2D eigenvalue weighted by Gasteiger charge is -2.36. The van der Waals surface area contributed by atoms with E-state index in [4.69, 9.17) is 32.9 Å². The van der Waals surface area contributed by atoms with Crippen LogP contribution in [0.15, 0.2) is 54.7 Å². The van der Waals surface area contributed by atoms with Crippen molar-refractivity contribution in [2.24, 2.45) is 0 Å². The molecule has 0 bridgehead atoms. The number of para-hydroxylation sites is 1. The van der Waals surface area contributed by atoms with Crippen molar-refractivity contribution in [2.75, 3.05) is 61.4 Å². The SMILES string of the molecule is CCOC(=O)N1CCC(Nc2nccc(-c3ccc(N4CCN(C(=O)Nc5c(Cl)cccc5Cl)CC4)cc3)n2)CC1. The molecule has 2 aliphatic rings. The zero-order chi connectivity index (χ0) is 28.8. The molecule has 41 heavy (non-hydrogen) atoms. The number of halogens is 2. The highest BCUT2D eigenvalue weighted by molar-refractivity contribution is 6.39. The zero-order valence-electron chi connectivity index (χ0n) is 22.9. The van der Waals surface area contributed by atoms with Gasteiger partial charge in [-0.3, -0.25) is 0 Å². The fraction of sp³-hybridized carbons (Fsp3) is 0.379. The number of amides is 3. The Bertz CT molecular complexity index is 1340. The summed E-state index contributed by atoms with van der Waals surface area (Å²) in [6.45, 7) is 6.06. The molecule has 3 amide bonds. The van der Waals surface area contributed by atoms with Crippen LogP contribution in [-0.4, -0.2) is 83.8 Å². The van der Waals surface area contributed by atoms with Gasteiger partial charge in [0.2, 0.25) is 5.95 Å². The smallest absolute Gasteiger partial charge is 0.409 e. The summed E-state index contributed by atoms with van der Waals surface area (Å²) in [7, 11) is 0. The average Bonchev–Trinajstić information content (AvgIpc) is 3.00. The lowest BCUT2D eigenvalue weighted by molar-refractivity contribution is 0.0983. The first-order valence-electron chi connectivity index (χ1n) is 13.8. The van der Waals surface area contributed by atoms with Gasteiger partial charge in [0.05, 0.1) is 28.0 Å². The molecule has 1 aromatic heterocycles. The summed E-state index contributed by atoms with van der Waals surface area (Å²) in [6, 6.07) is 15.3. The van der Waals surface area contributed by atoms with Gasteiger partial charge >= 0.3 is 12.1 Å². The van der Waals surface area contributed by atoms with E-state index in [1.165, 1.54) is 0 Å². The van der Waals surface area contributed by atoms with Crippen LogP contribution in [0.4, 0.5) is 26.9 Å². The summed E-state index contributed by atoms with van der Waals surface area (Å²) in [5.74, 6) is 0.577. The number of piperidine rings is 1. The van der Waals surface area contributed by atoms with Crippen LogP contribution in [0.25, 0.3) is 11.3 Å². The molecule has 3 heterocycles. The summed E-state index contributed by atoms with van der Waals surface area (Å²) < 4.78 is 5.10. The van der Waals surface area contributed by atoms with E-state index in [2.05, 4.69) is 44.8 Å². The van der Waals surface area contributed by atoms with Gasteiger partial charge in [-0.05, 0) is 50.1 Å². The highest BCUT2D eigenvalue weighted by atomic mass is 35.5. The number of piperazine rings is 1. The molecule has 0 spiro atoms. The third-order valence-corrected chi connectivity index (χ3v) is 7.93. The van der Waals surface area contributed by atoms with E-state index in [0.717, 1.165) is 29.8 Å². The van der Waals surface area contributed by atoms with Crippen molar-refractivity contribution in [1.29, 1.82) is 0 Å². The number of carbonyl (C=O) groups excluding carboxylic acids is 2. The molecule has 0 aliphatic carbocycles. The Morgan fingerprint density at radius 3 is 2.27 bits per heavy atom. The van der Waals surface area contributed by atoms with Gasteiger partial charge in [-0.1, -0.05) is 41.4 Å². The standard InChI is InChI=1S/C29H33Cl2N7O3/c1-2-41-29(40)38-14-11-21(12-15-38)33-27-32-13-10-25(34-27)20-6-8-22(9-7-20)36-16-18-37(19-17-36)28(39)35-26-23(30)4-3-5-24(26)31/h3-10,13,21H,2,11-12,14-19H2,1H3,(H,35,39)(H,32,33,34). The van der Waals surface area contributed by atoms with Gasteiger partial charge in [-0.2, -0.15) is 0 Å². The van der Waals surface area contributed by atoms with Crippen molar-refractivity contribution >= 4 is 52.6 Å². The van der Waals surface area contributed by atoms with Gasteiger partial charge in [0.25, 0.3) is 0 Å². The van der Waals surface area contributed by atoms with E-state index < -0.39 is 0 Å². The second-order valence-electron chi connectivity index (χ2n) is 9.92. The molecular formula is C29H33Cl2N7O3. The number of aromatic nitrogens is 2. The lowest BCUT2D eigenvalue weighted by Crippen LogP contribution is -2.50. The number of ether oxygens (including phenoxy) is 1. The summed E-state index contributed by atoms with van der Waals surface area (Å²) in [6.07, 6.45) is 3.12. The van der Waals surface area contributed by atoms with E-state index in [1.807, 2.05) is 13.0 Å². The summed E-state index contributed by atoms with van der Waals surface area (Å²) in [4.78, 5) is 39.6. The van der Waals surface area contributed by atoms with Gasteiger partial charge in [-0.15, -0.1) is 0 Å². The van der Waals surface area contributed by atoms with Crippen molar-refractivity contribution in [3.63, 3.8) is 0 Å². The molecule has 2 N–H and O–H groups in total. The van der Waals surface area contributed by atoms with Crippen LogP contribution in [-0.2, 0) is 4.74 Å². The first-order valence-corrected chi connectivity index (χ1v) is 14.5. The molecule has 0 saturated carbocycles. The zero-order valence-corrected chi connectivity index (χ0v) is 24.4. The largest absolute Gasteiger partial charge is 0.450 e. The van der Waals surface area contributed by atoms with E-state index in [0.29, 0.717) is 67.6 Å². The minimum absolute atomic E-state index is 0.195. The predicted molar refractivity (Wildman–Crippen MR) is 162 cm³/mol. The topological polar surface area (TPSA) is 103 Å². The normalized spacial score (nSPS) is 15.9. The molecule has 3 aromatic rings. The van der Waals surface area contributed by atoms with Crippen LogP contribution in [0, 0.1) is 0 Å². The number of rotatable bonds is 6. The Morgan fingerprint density at radius 2 is 1.61 bits per heavy atom. The number of anilines is 3. The Hall–Kier alpha value is -3.76. The third kappa shape index (κ3) is 7.12. The second-order valence-corrected chi connectivity index (χ2v) is 10.7. The predicted octanol–water partition coefficient (Wildman–Crippen LogP) is 5.84. The maximum atomic E-state index is 12.8. The molecule has 12 heteroatoms. The Kier molecular flexibility index (Phi) is 9.31.